The first-order chi connectivity index (χ1) is 9.65. The van der Waals surface area contributed by atoms with E-state index in [-0.39, 0.29) is 5.69 Å². The largest absolute Gasteiger partial charge is 0.303 e. The summed E-state index contributed by atoms with van der Waals surface area (Å²) in [6.07, 6.45) is 3.50. The molecule has 1 amide bonds. The Labute approximate surface area is 117 Å². The van der Waals surface area contributed by atoms with Gasteiger partial charge in [0.2, 0.25) is 5.13 Å². The highest BCUT2D eigenvalue weighted by atomic mass is 32.1. The van der Waals surface area contributed by atoms with E-state index >= 15 is 0 Å². The monoisotopic (exact) mass is 291 g/mol. The molecule has 3 rings (SSSR count). The lowest BCUT2D eigenvalue weighted by Gasteiger charge is -1.95. The zero-order valence-electron chi connectivity index (χ0n) is 10.5. The number of nitrogens with one attached hydrogen (secondary N) is 1. The molecule has 0 aliphatic carbocycles. The Morgan fingerprint density at radius 2 is 2.25 bits per heavy atom. The van der Waals surface area contributed by atoms with Crippen molar-refractivity contribution in [3.8, 4) is 0 Å². The molecule has 3 aromatic rings. The van der Waals surface area contributed by atoms with Crippen molar-refractivity contribution in [3.05, 3.63) is 41.0 Å². The molecule has 0 aromatic carbocycles. The lowest BCUT2D eigenvalue weighted by atomic mass is 10.4. The van der Waals surface area contributed by atoms with Gasteiger partial charge in [-0.25, -0.2) is 9.37 Å². The minimum atomic E-state index is -0.395. The lowest BCUT2D eigenvalue weighted by molar-refractivity contribution is 0.102. The number of aryl methyl sites for hydroxylation is 1. The van der Waals surface area contributed by atoms with Gasteiger partial charge in [0.25, 0.3) is 5.91 Å². The van der Waals surface area contributed by atoms with Crippen molar-refractivity contribution in [2.75, 3.05) is 5.32 Å². The maximum atomic E-state index is 13.1. The number of fused-ring (bicyclic) bond motifs is 1. The SMILES string of the molecule is CCc1nnc(NC(=O)c2cn3cc(F)ccc3n2)s1. The first kappa shape index (κ1) is 12.7. The van der Waals surface area contributed by atoms with E-state index in [1.807, 2.05) is 6.92 Å². The number of imidazole rings is 1. The number of nitrogens with zero attached hydrogens (tertiary/aromatic N) is 4. The maximum Gasteiger partial charge on any atom is 0.277 e. The summed E-state index contributed by atoms with van der Waals surface area (Å²) in [5.74, 6) is -0.786. The van der Waals surface area contributed by atoms with Crippen LogP contribution in [0.1, 0.15) is 22.4 Å². The van der Waals surface area contributed by atoms with Crippen molar-refractivity contribution in [2.45, 2.75) is 13.3 Å². The molecule has 20 heavy (non-hydrogen) atoms. The number of aromatic nitrogens is 4. The summed E-state index contributed by atoms with van der Waals surface area (Å²) in [7, 11) is 0. The maximum absolute atomic E-state index is 13.1. The fourth-order valence-electron chi connectivity index (χ4n) is 1.68. The van der Waals surface area contributed by atoms with Gasteiger partial charge in [-0.2, -0.15) is 0 Å². The molecule has 3 aromatic heterocycles. The summed E-state index contributed by atoms with van der Waals surface area (Å²) in [5.41, 5.74) is 0.701. The Kier molecular flexibility index (Phi) is 3.15. The number of hydrogen-bond donors (Lipinski definition) is 1. The molecule has 0 radical (unpaired) electrons. The standard InChI is InChI=1S/C12H10FN5OS/c1-2-10-16-17-12(20-10)15-11(19)8-6-18-5-7(13)3-4-9(18)14-8/h3-6H,2H2,1H3,(H,15,17,19). The Morgan fingerprint density at radius 1 is 1.40 bits per heavy atom. The number of hydrogen-bond acceptors (Lipinski definition) is 5. The molecule has 0 aliphatic rings. The number of anilines is 1. The van der Waals surface area contributed by atoms with Crippen molar-refractivity contribution < 1.29 is 9.18 Å². The van der Waals surface area contributed by atoms with Gasteiger partial charge < -0.3 is 4.40 Å². The van der Waals surface area contributed by atoms with Crippen LogP contribution in [0.3, 0.4) is 0 Å². The first-order valence-corrected chi connectivity index (χ1v) is 6.75. The van der Waals surface area contributed by atoms with Gasteiger partial charge in [-0.15, -0.1) is 10.2 Å². The van der Waals surface area contributed by atoms with Gasteiger partial charge in [0.15, 0.2) is 0 Å². The van der Waals surface area contributed by atoms with Gasteiger partial charge in [-0.1, -0.05) is 18.3 Å². The number of carbonyl (C=O) groups is 1. The second-order valence-corrected chi connectivity index (χ2v) is 5.11. The Balaban J connectivity index is 1.84. The molecule has 0 saturated carbocycles. The Hall–Kier alpha value is -2.35. The average Bonchev–Trinajstić information content (AvgIpc) is 3.04. The number of pyridine rings is 1. The van der Waals surface area contributed by atoms with Crippen LogP contribution in [-0.4, -0.2) is 25.5 Å². The molecule has 6 nitrogen and oxygen atoms in total. The molecule has 102 valence electrons. The molecule has 0 fully saturated rings. The average molecular weight is 291 g/mol. The number of carbonyl (C=O) groups excluding carboxylic acids is 1. The van der Waals surface area contributed by atoms with E-state index in [0.29, 0.717) is 10.8 Å². The number of halogens is 1. The van der Waals surface area contributed by atoms with Crippen LogP contribution >= 0.6 is 11.3 Å². The fraction of sp³-hybridized carbons (Fsp3) is 0.167. The van der Waals surface area contributed by atoms with Crippen molar-refractivity contribution in [2.24, 2.45) is 0 Å². The lowest BCUT2D eigenvalue weighted by Crippen LogP contribution is -2.12. The van der Waals surface area contributed by atoms with Gasteiger partial charge in [-0.3, -0.25) is 10.1 Å². The topological polar surface area (TPSA) is 72.2 Å². The van der Waals surface area contributed by atoms with Crippen LogP contribution in [0.15, 0.2) is 24.5 Å². The van der Waals surface area contributed by atoms with Gasteiger partial charge in [0, 0.05) is 12.4 Å². The first-order valence-electron chi connectivity index (χ1n) is 5.93. The molecule has 0 bridgehead atoms. The van der Waals surface area contributed by atoms with Crippen LogP contribution in [0.2, 0.25) is 0 Å². The van der Waals surface area contributed by atoms with Crippen molar-refractivity contribution >= 4 is 28.0 Å². The van der Waals surface area contributed by atoms with Crippen LogP contribution in [0, 0.1) is 5.82 Å². The zero-order valence-corrected chi connectivity index (χ0v) is 11.3. The number of amides is 1. The summed E-state index contributed by atoms with van der Waals surface area (Å²) in [6.45, 7) is 1.96. The highest BCUT2D eigenvalue weighted by Crippen LogP contribution is 2.16. The van der Waals surface area contributed by atoms with Crippen LogP contribution in [0.25, 0.3) is 5.65 Å². The van der Waals surface area contributed by atoms with Gasteiger partial charge in [0.1, 0.15) is 22.2 Å². The van der Waals surface area contributed by atoms with Crippen molar-refractivity contribution in [1.29, 1.82) is 0 Å². The van der Waals surface area contributed by atoms with E-state index < -0.39 is 11.7 Å². The van der Waals surface area contributed by atoms with E-state index in [0.717, 1.165) is 11.4 Å². The summed E-state index contributed by atoms with van der Waals surface area (Å²) in [5, 5.41) is 11.7. The smallest absolute Gasteiger partial charge is 0.277 e. The van der Waals surface area contributed by atoms with Crippen LogP contribution in [0.4, 0.5) is 9.52 Å². The highest BCUT2D eigenvalue weighted by Gasteiger charge is 2.13. The minimum absolute atomic E-state index is 0.198. The summed E-state index contributed by atoms with van der Waals surface area (Å²) >= 11 is 1.32. The number of rotatable bonds is 3. The van der Waals surface area contributed by atoms with Gasteiger partial charge in [-0.05, 0) is 18.6 Å². The van der Waals surface area contributed by atoms with E-state index in [2.05, 4.69) is 20.5 Å². The molecular weight excluding hydrogens is 281 g/mol. The molecule has 8 heteroatoms. The predicted octanol–water partition coefficient (Wildman–Crippen LogP) is 2.14. The molecule has 0 saturated heterocycles. The quantitative estimate of drug-likeness (QED) is 0.802. The van der Waals surface area contributed by atoms with E-state index in [1.54, 1.807) is 0 Å². The van der Waals surface area contributed by atoms with E-state index in [9.17, 15) is 9.18 Å². The third kappa shape index (κ3) is 2.37. The molecule has 0 spiro atoms. The summed E-state index contributed by atoms with van der Waals surface area (Å²) in [6, 6.07) is 2.80. The molecule has 0 unspecified atom stereocenters. The predicted molar refractivity (Wildman–Crippen MR) is 72.4 cm³/mol. The molecular formula is C12H10FN5OS. The van der Waals surface area contributed by atoms with Crippen molar-refractivity contribution in [1.82, 2.24) is 19.6 Å². The normalized spacial score (nSPS) is 10.9. The van der Waals surface area contributed by atoms with Crippen molar-refractivity contribution in [3.63, 3.8) is 0 Å². The third-order valence-electron chi connectivity index (χ3n) is 2.64. The molecule has 1 N–H and O–H groups in total. The summed E-state index contributed by atoms with van der Waals surface area (Å²) in [4.78, 5) is 16.1. The second kappa shape index (κ2) is 4.97. The highest BCUT2D eigenvalue weighted by molar-refractivity contribution is 7.15. The van der Waals surface area contributed by atoms with Gasteiger partial charge in [0.05, 0.1) is 0 Å². The van der Waals surface area contributed by atoms with Crippen LogP contribution < -0.4 is 5.32 Å². The molecule has 0 atom stereocenters. The Morgan fingerprint density at radius 3 is 3.00 bits per heavy atom. The summed E-state index contributed by atoms with van der Waals surface area (Å²) < 4.78 is 14.5. The fourth-order valence-corrected chi connectivity index (χ4v) is 2.36. The molecule has 0 aliphatic heterocycles. The minimum Gasteiger partial charge on any atom is -0.303 e. The van der Waals surface area contributed by atoms with Gasteiger partial charge >= 0.3 is 0 Å². The third-order valence-corrected chi connectivity index (χ3v) is 3.62. The van der Waals surface area contributed by atoms with Crippen LogP contribution in [0.5, 0.6) is 0 Å². The van der Waals surface area contributed by atoms with Crippen LogP contribution in [-0.2, 0) is 6.42 Å². The van der Waals surface area contributed by atoms with E-state index in [1.165, 1.54) is 40.3 Å². The zero-order chi connectivity index (χ0) is 14.1. The molecule has 3 heterocycles. The Bertz CT molecular complexity index is 781. The second-order valence-electron chi connectivity index (χ2n) is 4.05. The van der Waals surface area contributed by atoms with E-state index in [4.69, 9.17) is 0 Å².